The zero-order valence-corrected chi connectivity index (χ0v) is 33.7. The van der Waals surface area contributed by atoms with Gasteiger partial charge in [-0.25, -0.2) is 9.97 Å². The van der Waals surface area contributed by atoms with Crippen molar-refractivity contribution < 1.29 is 42.9 Å². The van der Waals surface area contributed by atoms with E-state index in [0.29, 0.717) is 51.4 Å². The highest BCUT2D eigenvalue weighted by Crippen LogP contribution is 2.41. The maximum Gasteiger partial charge on any atom is 0.262 e. The van der Waals surface area contributed by atoms with Crippen molar-refractivity contribution in [2.75, 3.05) is 77.3 Å². The highest BCUT2D eigenvalue weighted by molar-refractivity contribution is 6.24. The number of carbonyl (C=O) groups excluding carboxylic acids is 4. The lowest BCUT2D eigenvalue weighted by atomic mass is 9.89. The van der Waals surface area contributed by atoms with Gasteiger partial charge in [-0.2, -0.15) is 5.10 Å². The number of nitrogens with zero attached hydrogens (tertiary/aromatic N) is 6. The monoisotopic (exact) mass is 810 g/mol. The van der Waals surface area contributed by atoms with Crippen LogP contribution in [0.4, 0.5) is 5.82 Å². The van der Waals surface area contributed by atoms with Gasteiger partial charge in [0.05, 0.1) is 62.0 Å². The second-order valence-electron chi connectivity index (χ2n) is 15.9. The lowest BCUT2D eigenvalue weighted by Crippen LogP contribution is -2.62. The number of aromatic nitrogens is 4. The van der Waals surface area contributed by atoms with Gasteiger partial charge in [-0.3, -0.25) is 39.4 Å². The molecular formula is C42H50N8O9. The number of amides is 4. The van der Waals surface area contributed by atoms with Gasteiger partial charge in [0.15, 0.2) is 0 Å². The van der Waals surface area contributed by atoms with E-state index in [2.05, 4.69) is 49.1 Å². The summed E-state index contributed by atoms with van der Waals surface area (Å²) in [5, 5.41) is 10.9. The molecule has 1 saturated carbocycles. The quantitative estimate of drug-likeness (QED) is 0.110. The van der Waals surface area contributed by atoms with E-state index in [9.17, 15) is 19.2 Å². The average molecular weight is 811 g/mol. The highest BCUT2D eigenvalue weighted by Gasteiger charge is 2.52. The molecule has 4 aromatic rings. The van der Waals surface area contributed by atoms with E-state index in [1.807, 2.05) is 24.3 Å². The van der Waals surface area contributed by atoms with Gasteiger partial charge in [0, 0.05) is 50.1 Å². The summed E-state index contributed by atoms with van der Waals surface area (Å²) in [6.45, 7) is 12.1. The van der Waals surface area contributed by atoms with Gasteiger partial charge in [0.2, 0.25) is 5.91 Å². The molecular weight excluding hydrogens is 761 g/mol. The number of piperazine rings is 1. The SMILES string of the molecule is C[C@H]1CN(c2cc(-c3n[nH]c4ccc(OC5(C)CC5)cc34)ncn2)CCN1CCOCCOCCOCCOc1ccc2c(c1)C(=O)N(C1(C)CCC(=O)NC1=O)C2=O. The van der Waals surface area contributed by atoms with Gasteiger partial charge in [0.25, 0.3) is 17.7 Å². The Morgan fingerprint density at radius 3 is 2.27 bits per heavy atom. The smallest absolute Gasteiger partial charge is 0.262 e. The zero-order chi connectivity index (χ0) is 41.1. The van der Waals surface area contributed by atoms with Crippen LogP contribution in [0.1, 0.15) is 67.2 Å². The minimum atomic E-state index is -1.44. The number of fused-ring (bicyclic) bond motifs is 2. The number of aromatic amines is 1. The normalized spacial score (nSPS) is 21.6. The molecule has 3 fully saturated rings. The number of hydrogen-bond acceptors (Lipinski definition) is 14. The van der Waals surface area contributed by atoms with Crippen molar-refractivity contribution in [2.24, 2.45) is 0 Å². The molecule has 2 atom stereocenters. The number of ether oxygens (including phenoxy) is 5. The second kappa shape index (κ2) is 17.0. The number of nitrogens with one attached hydrogen (secondary N) is 2. The molecule has 312 valence electrons. The van der Waals surface area contributed by atoms with Crippen LogP contribution in [0.15, 0.2) is 48.8 Å². The molecule has 1 aliphatic carbocycles. The Hall–Kier alpha value is -5.49. The zero-order valence-electron chi connectivity index (χ0n) is 33.7. The first kappa shape index (κ1) is 40.3. The van der Waals surface area contributed by atoms with Crippen LogP contribution < -0.4 is 19.7 Å². The van der Waals surface area contributed by atoms with Gasteiger partial charge < -0.3 is 28.6 Å². The lowest BCUT2D eigenvalue weighted by Gasteiger charge is -2.40. The van der Waals surface area contributed by atoms with Crippen LogP contribution in [-0.4, -0.2) is 143 Å². The van der Waals surface area contributed by atoms with Crippen molar-refractivity contribution in [3.05, 3.63) is 59.9 Å². The largest absolute Gasteiger partial charge is 0.491 e. The third kappa shape index (κ3) is 8.78. The Balaban J connectivity index is 0.688. The first-order chi connectivity index (χ1) is 28.5. The Kier molecular flexibility index (Phi) is 11.6. The molecule has 0 radical (unpaired) electrons. The number of carbonyl (C=O) groups is 4. The molecule has 4 aliphatic rings. The molecule has 2 aromatic heterocycles. The molecule has 2 N–H and O–H groups in total. The first-order valence-corrected chi connectivity index (χ1v) is 20.2. The van der Waals surface area contributed by atoms with E-state index >= 15 is 0 Å². The third-order valence-corrected chi connectivity index (χ3v) is 11.5. The van der Waals surface area contributed by atoms with Crippen LogP contribution in [0, 0.1) is 0 Å². The van der Waals surface area contributed by atoms with Gasteiger partial charge >= 0.3 is 0 Å². The molecule has 4 amide bonds. The minimum Gasteiger partial charge on any atom is -0.491 e. The molecule has 0 spiro atoms. The van der Waals surface area contributed by atoms with E-state index in [1.54, 1.807) is 12.4 Å². The van der Waals surface area contributed by atoms with Crippen molar-refractivity contribution >= 4 is 40.3 Å². The predicted octanol–water partition coefficient (Wildman–Crippen LogP) is 3.38. The van der Waals surface area contributed by atoms with Gasteiger partial charge in [-0.15, -0.1) is 0 Å². The molecule has 1 unspecified atom stereocenters. The number of H-pyrrole nitrogens is 1. The summed E-state index contributed by atoms with van der Waals surface area (Å²) >= 11 is 0. The molecule has 59 heavy (non-hydrogen) atoms. The summed E-state index contributed by atoms with van der Waals surface area (Å²) in [6, 6.07) is 13.0. The third-order valence-electron chi connectivity index (χ3n) is 11.5. The van der Waals surface area contributed by atoms with E-state index in [0.717, 1.165) is 77.8 Å². The summed E-state index contributed by atoms with van der Waals surface area (Å²) in [6.07, 6.45) is 3.86. The van der Waals surface area contributed by atoms with Crippen LogP contribution in [0.2, 0.25) is 0 Å². The number of imide groups is 2. The average Bonchev–Trinajstić information content (AvgIpc) is 3.70. The van der Waals surface area contributed by atoms with Crippen molar-refractivity contribution in [2.45, 2.75) is 63.6 Å². The summed E-state index contributed by atoms with van der Waals surface area (Å²) < 4.78 is 29.1. The Labute approximate surface area is 341 Å². The summed E-state index contributed by atoms with van der Waals surface area (Å²) in [7, 11) is 0. The van der Waals surface area contributed by atoms with E-state index < -0.39 is 29.2 Å². The molecule has 2 saturated heterocycles. The van der Waals surface area contributed by atoms with Gasteiger partial charge in [-0.1, -0.05) is 0 Å². The maximum absolute atomic E-state index is 13.2. The fraction of sp³-hybridized carbons (Fsp3) is 0.500. The van der Waals surface area contributed by atoms with Crippen LogP contribution in [0.25, 0.3) is 22.3 Å². The fourth-order valence-corrected chi connectivity index (χ4v) is 7.71. The standard InChI is InChI=1S/C42H50N8O9/c1-27-25-49(35-24-34(43-26-44-35)37-32-23-29(59-41(2)10-11-41)5-7-33(32)46-47-37)13-12-48(27)14-15-55-16-17-56-18-19-57-20-21-58-28-4-6-30-31(22-28)39(53)50(38(30)52)42(3)9-8-36(51)45-40(42)54/h4-7,22-24,26-27H,8-21,25H2,1-3H3,(H,46,47)(H,45,51,54)/t27-,42?/m0/s1. The minimum absolute atomic E-state index is 0.0423. The lowest BCUT2D eigenvalue weighted by molar-refractivity contribution is -0.140. The number of piperidine rings is 1. The Bertz CT molecular complexity index is 2230. The predicted molar refractivity (Wildman–Crippen MR) is 214 cm³/mol. The van der Waals surface area contributed by atoms with Gasteiger partial charge in [0.1, 0.15) is 47.1 Å². The molecule has 3 aliphatic heterocycles. The molecule has 17 nitrogen and oxygen atoms in total. The Morgan fingerprint density at radius 2 is 1.53 bits per heavy atom. The van der Waals surface area contributed by atoms with Crippen molar-refractivity contribution in [3.63, 3.8) is 0 Å². The van der Waals surface area contributed by atoms with E-state index in [1.165, 1.54) is 19.1 Å². The number of hydrogen-bond donors (Lipinski definition) is 2. The fourth-order valence-electron chi connectivity index (χ4n) is 7.71. The summed E-state index contributed by atoms with van der Waals surface area (Å²) in [4.78, 5) is 65.4. The molecule has 17 heteroatoms. The Morgan fingerprint density at radius 1 is 0.797 bits per heavy atom. The maximum atomic E-state index is 13.2. The number of rotatable bonds is 18. The molecule has 2 aromatic carbocycles. The summed E-state index contributed by atoms with van der Waals surface area (Å²) in [5.74, 6) is -0.126. The number of benzene rings is 2. The van der Waals surface area contributed by atoms with E-state index in [-0.39, 0.29) is 36.2 Å². The van der Waals surface area contributed by atoms with E-state index in [4.69, 9.17) is 23.7 Å². The van der Waals surface area contributed by atoms with Crippen molar-refractivity contribution in [1.29, 1.82) is 0 Å². The van der Waals surface area contributed by atoms with Gasteiger partial charge in [-0.05, 0) is 76.4 Å². The van der Waals surface area contributed by atoms with Crippen molar-refractivity contribution in [3.8, 4) is 22.9 Å². The van der Waals surface area contributed by atoms with Crippen LogP contribution in [0.3, 0.4) is 0 Å². The second-order valence-corrected chi connectivity index (χ2v) is 15.9. The summed E-state index contributed by atoms with van der Waals surface area (Å²) in [5.41, 5.74) is 1.34. The topological polar surface area (TPSA) is 191 Å². The molecule has 5 heterocycles. The number of anilines is 1. The molecule has 0 bridgehead atoms. The van der Waals surface area contributed by atoms with Crippen molar-refractivity contribution in [1.82, 2.24) is 35.3 Å². The van der Waals surface area contributed by atoms with Crippen LogP contribution in [0.5, 0.6) is 11.5 Å². The van der Waals surface area contributed by atoms with Crippen LogP contribution in [-0.2, 0) is 23.8 Å². The first-order valence-electron chi connectivity index (χ1n) is 20.2. The molecule has 8 rings (SSSR count). The highest BCUT2D eigenvalue weighted by atomic mass is 16.6. The van der Waals surface area contributed by atoms with Crippen LogP contribution >= 0.6 is 0 Å².